The Labute approximate surface area is 129 Å². The minimum atomic E-state index is 0.469. The van der Waals surface area contributed by atoms with E-state index < -0.39 is 0 Å². The maximum Gasteiger partial charge on any atom is 0.139 e. The molecule has 0 spiro atoms. The molecule has 1 N–H and O–H groups in total. The molecule has 3 aromatic rings. The zero-order valence-corrected chi connectivity index (χ0v) is 12.4. The van der Waals surface area contributed by atoms with Crippen molar-refractivity contribution in [3.8, 4) is 11.4 Å². The minimum Gasteiger partial charge on any atom is -0.490 e. The Kier molecular flexibility index (Phi) is 3.52. The molecule has 22 heavy (non-hydrogen) atoms. The zero-order chi connectivity index (χ0) is 14.8. The van der Waals surface area contributed by atoms with E-state index in [1.54, 1.807) is 6.20 Å². The molecule has 0 saturated carbocycles. The van der Waals surface area contributed by atoms with E-state index >= 15 is 0 Å². The van der Waals surface area contributed by atoms with Crippen molar-refractivity contribution in [3.05, 3.63) is 55.0 Å². The first-order valence-corrected chi connectivity index (χ1v) is 7.78. The van der Waals surface area contributed by atoms with Crippen molar-refractivity contribution in [2.45, 2.75) is 18.9 Å². The molecule has 3 heterocycles. The quantitative estimate of drug-likeness (QED) is 0.803. The van der Waals surface area contributed by atoms with Gasteiger partial charge in [-0.15, -0.1) is 0 Å². The van der Waals surface area contributed by atoms with Gasteiger partial charge in [0.15, 0.2) is 0 Å². The van der Waals surface area contributed by atoms with Gasteiger partial charge in [-0.3, -0.25) is 4.98 Å². The highest BCUT2D eigenvalue weighted by Gasteiger charge is 2.14. The SMILES string of the molecule is c1ccc2c(c1)ccn2-c1cncc(OC[C@@H]2CCCN2)c1. The molecule has 0 aliphatic carbocycles. The molecule has 4 heteroatoms. The first-order valence-electron chi connectivity index (χ1n) is 7.78. The van der Waals surface area contributed by atoms with Crippen molar-refractivity contribution in [1.29, 1.82) is 0 Å². The fourth-order valence-electron chi connectivity index (χ4n) is 3.02. The Bertz CT molecular complexity index is 775. The lowest BCUT2D eigenvalue weighted by Crippen LogP contribution is -2.28. The van der Waals surface area contributed by atoms with Gasteiger partial charge in [-0.25, -0.2) is 0 Å². The van der Waals surface area contributed by atoms with Gasteiger partial charge in [0.1, 0.15) is 12.4 Å². The number of aromatic nitrogens is 2. The summed E-state index contributed by atoms with van der Waals surface area (Å²) < 4.78 is 8.04. The summed E-state index contributed by atoms with van der Waals surface area (Å²) in [4.78, 5) is 4.33. The van der Waals surface area contributed by atoms with E-state index in [1.807, 2.05) is 12.3 Å². The summed E-state index contributed by atoms with van der Waals surface area (Å²) >= 11 is 0. The summed E-state index contributed by atoms with van der Waals surface area (Å²) in [5.41, 5.74) is 2.21. The average molecular weight is 293 g/mol. The third kappa shape index (κ3) is 2.57. The van der Waals surface area contributed by atoms with Gasteiger partial charge in [-0.2, -0.15) is 0 Å². The molecule has 0 bridgehead atoms. The highest BCUT2D eigenvalue weighted by Crippen LogP contribution is 2.22. The first kappa shape index (κ1) is 13.3. The Morgan fingerprint density at radius 1 is 1.23 bits per heavy atom. The highest BCUT2D eigenvalue weighted by atomic mass is 16.5. The molecule has 0 radical (unpaired) electrons. The van der Waals surface area contributed by atoms with Crippen LogP contribution in [0.5, 0.6) is 5.75 Å². The van der Waals surface area contributed by atoms with Gasteiger partial charge in [-0.05, 0) is 36.9 Å². The van der Waals surface area contributed by atoms with Crippen molar-refractivity contribution in [2.24, 2.45) is 0 Å². The van der Waals surface area contributed by atoms with Gasteiger partial charge < -0.3 is 14.6 Å². The Balaban J connectivity index is 1.58. The fourth-order valence-corrected chi connectivity index (χ4v) is 3.02. The van der Waals surface area contributed by atoms with Crippen LogP contribution < -0.4 is 10.1 Å². The smallest absolute Gasteiger partial charge is 0.139 e. The second-order valence-corrected chi connectivity index (χ2v) is 5.73. The summed E-state index contributed by atoms with van der Waals surface area (Å²) in [6.45, 7) is 1.80. The number of ether oxygens (including phenoxy) is 1. The summed E-state index contributed by atoms with van der Waals surface area (Å²) in [6, 6.07) is 13.0. The van der Waals surface area contributed by atoms with Gasteiger partial charge in [0, 0.05) is 18.3 Å². The van der Waals surface area contributed by atoms with Crippen LogP contribution in [0.4, 0.5) is 0 Å². The second-order valence-electron chi connectivity index (χ2n) is 5.73. The van der Waals surface area contributed by atoms with Crippen LogP contribution in [-0.2, 0) is 0 Å². The molecule has 2 aromatic heterocycles. The van der Waals surface area contributed by atoms with Crippen molar-refractivity contribution < 1.29 is 4.74 Å². The van der Waals surface area contributed by atoms with Crippen LogP contribution in [0.2, 0.25) is 0 Å². The predicted octanol–water partition coefficient (Wildman–Crippen LogP) is 3.16. The van der Waals surface area contributed by atoms with E-state index in [4.69, 9.17) is 4.74 Å². The number of hydrogen-bond acceptors (Lipinski definition) is 3. The van der Waals surface area contributed by atoms with Gasteiger partial charge in [0.05, 0.1) is 23.6 Å². The van der Waals surface area contributed by atoms with Gasteiger partial charge >= 0.3 is 0 Å². The number of para-hydroxylation sites is 1. The van der Waals surface area contributed by atoms with Crippen molar-refractivity contribution in [3.63, 3.8) is 0 Å². The monoisotopic (exact) mass is 293 g/mol. The summed E-state index contributed by atoms with van der Waals surface area (Å²) in [6.07, 6.45) is 8.15. The van der Waals surface area contributed by atoms with E-state index in [1.165, 1.54) is 23.7 Å². The van der Waals surface area contributed by atoms with Gasteiger partial charge in [-0.1, -0.05) is 18.2 Å². The average Bonchev–Trinajstić information content (AvgIpc) is 3.23. The van der Waals surface area contributed by atoms with Crippen molar-refractivity contribution in [1.82, 2.24) is 14.9 Å². The lowest BCUT2D eigenvalue weighted by atomic mass is 10.2. The summed E-state index contributed by atoms with van der Waals surface area (Å²) in [7, 11) is 0. The molecule has 1 fully saturated rings. The number of pyridine rings is 1. The molecule has 1 aliphatic heterocycles. The molecule has 1 saturated heterocycles. The Hall–Kier alpha value is -2.33. The van der Waals surface area contributed by atoms with Gasteiger partial charge in [0.25, 0.3) is 0 Å². The fraction of sp³-hybridized carbons (Fsp3) is 0.278. The third-order valence-electron chi connectivity index (χ3n) is 4.19. The molecule has 1 aromatic carbocycles. The van der Waals surface area contributed by atoms with Crippen LogP contribution in [-0.4, -0.2) is 28.7 Å². The van der Waals surface area contributed by atoms with Crippen molar-refractivity contribution >= 4 is 10.9 Å². The molecule has 4 rings (SSSR count). The predicted molar refractivity (Wildman–Crippen MR) is 87.6 cm³/mol. The molecular weight excluding hydrogens is 274 g/mol. The maximum atomic E-state index is 5.90. The standard InChI is InChI=1S/C18H19N3O/c1-2-6-18-14(4-1)7-9-21(18)16-10-17(12-19-11-16)22-13-15-5-3-8-20-15/h1-2,4,6-7,9-12,15,20H,3,5,8,13H2/t15-/m0/s1. The third-order valence-corrected chi connectivity index (χ3v) is 4.19. The zero-order valence-electron chi connectivity index (χ0n) is 12.4. The highest BCUT2D eigenvalue weighted by molar-refractivity contribution is 5.81. The number of hydrogen-bond donors (Lipinski definition) is 1. The van der Waals surface area contributed by atoms with E-state index in [0.717, 1.165) is 18.0 Å². The maximum absolute atomic E-state index is 5.90. The second kappa shape index (κ2) is 5.81. The lowest BCUT2D eigenvalue weighted by molar-refractivity contribution is 0.276. The van der Waals surface area contributed by atoms with Crippen molar-refractivity contribution in [2.75, 3.05) is 13.2 Å². The normalized spacial score (nSPS) is 17.9. The van der Waals surface area contributed by atoms with E-state index in [9.17, 15) is 0 Å². The Morgan fingerprint density at radius 3 is 3.09 bits per heavy atom. The summed E-state index contributed by atoms with van der Waals surface area (Å²) in [5.74, 6) is 0.823. The topological polar surface area (TPSA) is 39.1 Å². The van der Waals surface area contributed by atoms with Crippen LogP contribution in [0.15, 0.2) is 55.0 Å². The number of benzene rings is 1. The molecule has 4 nitrogen and oxygen atoms in total. The van der Waals surface area contributed by atoms with Gasteiger partial charge in [0.2, 0.25) is 0 Å². The molecular formula is C18H19N3O. The van der Waals surface area contributed by atoms with E-state index in [2.05, 4.69) is 51.4 Å². The molecule has 112 valence electrons. The lowest BCUT2D eigenvalue weighted by Gasteiger charge is -2.13. The number of rotatable bonds is 4. The number of nitrogens with one attached hydrogen (secondary N) is 1. The first-order chi connectivity index (χ1) is 10.9. The number of nitrogens with zero attached hydrogens (tertiary/aromatic N) is 2. The molecule has 0 unspecified atom stereocenters. The van der Waals surface area contributed by atoms with Crippen LogP contribution in [0.25, 0.3) is 16.6 Å². The van der Waals surface area contributed by atoms with E-state index in [-0.39, 0.29) is 0 Å². The molecule has 0 amide bonds. The molecule has 1 atom stereocenters. The van der Waals surface area contributed by atoms with Crippen LogP contribution >= 0.6 is 0 Å². The molecule has 1 aliphatic rings. The van der Waals surface area contributed by atoms with Crippen LogP contribution in [0.3, 0.4) is 0 Å². The largest absolute Gasteiger partial charge is 0.490 e. The van der Waals surface area contributed by atoms with Crippen LogP contribution in [0.1, 0.15) is 12.8 Å². The Morgan fingerprint density at radius 2 is 2.18 bits per heavy atom. The minimum absolute atomic E-state index is 0.469. The van der Waals surface area contributed by atoms with E-state index in [0.29, 0.717) is 12.6 Å². The summed E-state index contributed by atoms with van der Waals surface area (Å²) in [5, 5.41) is 4.67. The van der Waals surface area contributed by atoms with Crippen LogP contribution in [0, 0.1) is 0 Å². The number of fused-ring (bicyclic) bond motifs is 1.